The zero-order chi connectivity index (χ0) is 11.9. The second-order valence-electron chi connectivity index (χ2n) is 2.34. The van der Waals surface area contributed by atoms with Crippen LogP contribution in [0.3, 0.4) is 0 Å². The summed E-state index contributed by atoms with van der Waals surface area (Å²) in [4.78, 5) is 11.0. The van der Waals surface area contributed by atoms with Gasteiger partial charge in [0.15, 0.2) is 0 Å². The number of halogens is 1. The molecular weight excluding hydrogens is 233 g/mol. The molecule has 90 valence electrons. The van der Waals surface area contributed by atoms with Crippen molar-refractivity contribution in [2.45, 2.75) is 20.8 Å². The topological polar surface area (TPSA) is 61.8 Å². The molecule has 0 aliphatic heterocycles. The van der Waals surface area contributed by atoms with E-state index in [1.807, 2.05) is 0 Å². The van der Waals surface area contributed by atoms with Crippen LogP contribution in [0.2, 0.25) is 0 Å². The predicted molar refractivity (Wildman–Crippen MR) is 51.8 cm³/mol. The average molecular weight is 248 g/mol. The summed E-state index contributed by atoms with van der Waals surface area (Å²) < 4.78 is 38.6. The Morgan fingerprint density at radius 1 is 1.19 bits per heavy atom. The molecule has 0 aromatic carbocycles. The first-order valence-corrected chi connectivity index (χ1v) is 6.15. The molecule has 0 bridgehead atoms. The fourth-order valence-electron chi connectivity index (χ4n) is 0.793. The molecule has 0 spiro atoms. The molecule has 0 N–H and O–H groups in total. The van der Waals surface area contributed by atoms with Gasteiger partial charge in [0.1, 0.15) is 0 Å². The number of carbonyl (C=O) groups excluding carboxylic acids is 1. The molecule has 0 saturated carbocycles. The molecule has 5 nitrogen and oxygen atoms in total. The van der Waals surface area contributed by atoms with E-state index in [0.717, 1.165) is 0 Å². The number of rotatable bonds is 7. The van der Waals surface area contributed by atoms with Crippen LogP contribution in [-0.2, 0) is 23.1 Å². The third-order valence-corrected chi connectivity index (χ3v) is 3.14. The number of ether oxygens (including phenoxy) is 1. The Hall–Kier alpha value is 0.0174. The van der Waals surface area contributed by atoms with Crippen LogP contribution in [0.1, 0.15) is 20.8 Å². The fraction of sp³-hybridized carbons (Fsp3) is 0.750. The van der Waals surface area contributed by atoms with Crippen LogP contribution < -0.4 is 18.9 Å². The Balaban J connectivity index is 0. The van der Waals surface area contributed by atoms with Gasteiger partial charge < -0.3 is 18.2 Å². The summed E-state index contributed by atoms with van der Waals surface area (Å²) in [6, 6.07) is 0. The first-order valence-electron chi connectivity index (χ1n) is 4.61. The molecule has 0 atom stereocenters. The first-order chi connectivity index (χ1) is 7.01. The van der Waals surface area contributed by atoms with Gasteiger partial charge >= 0.3 is 18.9 Å². The zero-order valence-corrected chi connectivity index (χ0v) is 10.9. The largest absolute Gasteiger partial charge is 1.00 e. The summed E-state index contributed by atoms with van der Waals surface area (Å²) in [6.45, 7) is 4.49. The Morgan fingerprint density at radius 2 is 1.62 bits per heavy atom. The molecule has 16 heavy (non-hydrogen) atoms. The minimum Gasteiger partial charge on any atom is -0.486 e. The maximum Gasteiger partial charge on any atom is 1.00 e. The van der Waals surface area contributed by atoms with Crippen molar-refractivity contribution < 1.29 is 46.4 Å². The van der Waals surface area contributed by atoms with E-state index >= 15 is 0 Å². The van der Waals surface area contributed by atoms with E-state index in [4.69, 9.17) is 0 Å². The molecule has 0 radical (unpaired) electrons. The van der Waals surface area contributed by atoms with Crippen LogP contribution in [0.25, 0.3) is 0 Å². The molecule has 0 aliphatic rings. The van der Waals surface area contributed by atoms with Crippen molar-refractivity contribution in [3.63, 3.8) is 0 Å². The molecule has 0 fully saturated rings. The van der Waals surface area contributed by atoms with Crippen molar-refractivity contribution in [2.24, 2.45) is 0 Å². The van der Waals surface area contributed by atoms with Gasteiger partial charge in [0.2, 0.25) is 13.6 Å². The fourth-order valence-corrected chi connectivity index (χ4v) is 2.06. The molecular formula is C8H15FLiO5P. The quantitative estimate of drug-likeness (QED) is 0.257. The molecule has 0 aliphatic carbocycles. The van der Waals surface area contributed by atoms with Crippen LogP contribution in [-0.4, -0.2) is 25.8 Å². The summed E-state index contributed by atoms with van der Waals surface area (Å²) in [6.07, 6.45) is 0. The summed E-state index contributed by atoms with van der Waals surface area (Å²) in [5.41, 5.74) is 0. The SMILES string of the molecule is CCOC(=O)[C-](F)P(=O)(OCC)OCC.[Li+]. The molecule has 0 rings (SSSR count). The number of hydrogen-bond donors (Lipinski definition) is 0. The number of esters is 1. The molecule has 0 heterocycles. The molecule has 0 unspecified atom stereocenters. The van der Waals surface area contributed by atoms with Crippen molar-refractivity contribution in [2.75, 3.05) is 19.8 Å². The van der Waals surface area contributed by atoms with Crippen molar-refractivity contribution in [3.8, 4) is 0 Å². The van der Waals surface area contributed by atoms with Gasteiger partial charge in [-0.25, -0.2) is 0 Å². The summed E-state index contributed by atoms with van der Waals surface area (Å²) in [5.74, 6) is -2.81. The maximum atomic E-state index is 13.3. The number of carbonyl (C=O) groups is 1. The van der Waals surface area contributed by atoms with Crippen LogP contribution in [0, 0.1) is 5.91 Å². The van der Waals surface area contributed by atoms with Crippen molar-refractivity contribution in [3.05, 3.63) is 5.91 Å². The Morgan fingerprint density at radius 3 is 1.94 bits per heavy atom. The second-order valence-corrected chi connectivity index (χ2v) is 4.25. The molecule has 0 aromatic rings. The van der Waals surface area contributed by atoms with Gasteiger partial charge in [-0.2, -0.15) is 0 Å². The van der Waals surface area contributed by atoms with Crippen molar-refractivity contribution in [1.29, 1.82) is 0 Å². The van der Waals surface area contributed by atoms with Crippen LogP contribution in [0.15, 0.2) is 0 Å². The van der Waals surface area contributed by atoms with Crippen molar-refractivity contribution >= 4 is 13.6 Å². The van der Waals surface area contributed by atoms with Gasteiger partial charge in [-0.1, -0.05) is 0 Å². The Kier molecular flexibility index (Phi) is 10.4. The molecule has 8 heteroatoms. The molecule has 0 aromatic heterocycles. The standard InChI is InChI=1S/C8H15FO5P.Li/c1-4-12-8(10)7(9)15(11,13-5-2)14-6-3;/h4-6H2,1-3H3;/q-1;+1. The number of hydrogen-bond acceptors (Lipinski definition) is 5. The summed E-state index contributed by atoms with van der Waals surface area (Å²) in [5, 5.41) is 0. The second kappa shape index (κ2) is 9.09. The first kappa shape index (κ1) is 18.4. The minimum absolute atomic E-state index is 0. The summed E-state index contributed by atoms with van der Waals surface area (Å²) >= 11 is 0. The van der Waals surface area contributed by atoms with Gasteiger partial charge in [-0.15, -0.1) is 0 Å². The van der Waals surface area contributed by atoms with Gasteiger partial charge in [0.25, 0.3) is 0 Å². The molecule has 0 saturated heterocycles. The maximum absolute atomic E-state index is 13.3. The van der Waals surface area contributed by atoms with E-state index in [9.17, 15) is 13.8 Å². The summed E-state index contributed by atoms with van der Waals surface area (Å²) in [7, 11) is -4.12. The van der Waals surface area contributed by atoms with E-state index in [1.54, 1.807) is 0 Å². The minimum atomic E-state index is -4.12. The van der Waals surface area contributed by atoms with Crippen LogP contribution >= 0.6 is 7.60 Å². The van der Waals surface area contributed by atoms with E-state index in [1.165, 1.54) is 20.8 Å². The van der Waals surface area contributed by atoms with Crippen LogP contribution in [0.4, 0.5) is 4.39 Å². The van der Waals surface area contributed by atoms with Gasteiger partial charge in [0.05, 0.1) is 19.8 Å². The normalized spacial score (nSPS) is 10.5. The van der Waals surface area contributed by atoms with E-state index in [0.29, 0.717) is 0 Å². The van der Waals surface area contributed by atoms with Crippen LogP contribution in [0.5, 0.6) is 0 Å². The van der Waals surface area contributed by atoms with Crippen molar-refractivity contribution in [1.82, 2.24) is 0 Å². The van der Waals surface area contributed by atoms with E-state index in [-0.39, 0.29) is 38.7 Å². The van der Waals surface area contributed by atoms with E-state index in [2.05, 4.69) is 13.8 Å². The monoisotopic (exact) mass is 248 g/mol. The Bertz CT molecular complexity index is 241. The van der Waals surface area contributed by atoms with Gasteiger partial charge in [0, 0.05) is 0 Å². The predicted octanol–water partition coefficient (Wildman–Crippen LogP) is -0.721. The Labute approximate surface area is 107 Å². The third kappa shape index (κ3) is 5.38. The van der Waals surface area contributed by atoms with Gasteiger partial charge in [-0.05, 0) is 26.7 Å². The van der Waals surface area contributed by atoms with Gasteiger partial charge in [-0.3, -0.25) is 9.36 Å². The zero-order valence-electron chi connectivity index (χ0n) is 9.99. The average Bonchev–Trinajstić information content (AvgIpc) is 2.17. The smallest absolute Gasteiger partial charge is 0.486 e. The third-order valence-electron chi connectivity index (χ3n) is 1.28. The van der Waals surface area contributed by atoms with E-state index < -0.39 is 19.5 Å². The molecule has 0 amide bonds.